The normalized spacial score (nSPS) is 10.5. The van der Waals surface area contributed by atoms with Crippen molar-refractivity contribution in [2.24, 2.45) is 5.92 Å². The summed E-state index contributed by atoms with van der Waals surface area (Å²) >= 11 is 0. The molecule has 0 bridgehead atoms. The van der Waals surface area contributed by atoms with E-state index in [-0.39, 0.29) is 63.1 Å². The quantitative estimate of drug-likeness (QED) is 0.170. The summed E-state index contributed by atoms with van der Waals surface area (Å²) in [6.45, 7) is 12.9. The second kappa shape index (κ2) is 18.9. The molecule has 2 rings (SSSR count). The standard InChI is InChI=1S/C16H24O2.C15H17NO.K/c1-5-7-10-18-14-8-9-15(13(6-2)11-14)16(17)12(3)4;1-3-8-15(12-17,9-4-2)14-7-5-6-13(10-14)11-16;/h8-9,11-12H,5-7,10H2,1-4H3;5-6,10H,3-4,8-9H2,1-2H3;/q;-2;+1. The van der Waals surface area contributed by atoms with Gasteiger partial charge in [0.25, 0.3) is 0 Å². The maximum absolute atomic E-state index is 12.1. The van der Waals surface area contributed by atoms with Gasteiger partial charge in [0.1, 0.15) is 5.75 Å². The summed E-state index contributed by atoms with van der Waals surface area (Å²) in [5.74, 6) is 1.13. The number of benzene rings is 2. The van der Waals surface area contributed by atoms with Crippen LogP contribution in [0.5, 0.6) is 5.75 Å². The van der Waals surface area contributed by atoms with Gasteiger partial charge in [-0.25, -0.2) is 0 Å². The molecule has 0 fully saturated rings. The maximum Gasteiger partial charge on any atom is 1.00 e. The van der Waals surface area contributed by atoms with Crippen LogP contribution in [-0.4, -0.2) is 18.7 Å². The molecule has 0 spiro atoms. The zero-order valence-electron chi connectivity index (χ0n) is 23.4. The molecule has 190 valence electrons. The van der Waals surface area contributed by atoms with Crippen LogP contribution in [0.15, 0.2) is 36.4 Å². The summed E-state index contributed by atoms with van der Waals surface area (Å²) in [5.41, 5.74) is 2.72. The third kappa shape index (κ3) is 10.6. The zero-order chi connectivity index (χ0) is 26.3. The van der Waals surface area contributed by atoms with Gasteiger partial charge in [0, 0.05) is 11.5 Å². The van der Waals surface area contributed by atoms with Crippen molar-refractivity contribution in [3.63, 3.8) is 0 Å². The molecule has 0 N–H and O–H groups in total. The van der Waals surface area contributed by atoms with Crippen LogP contribution in [0.1, 0.15) is 107 Å². The fourth-order valence-electron chi connectivity index (χ4n) is 4.06. The minimum absolute atomic E-state index is 0. The number of rotatable bonds is 13. The van der Waals surface area contributed by atoms with Gasteiger partial charge in [-0.2, -0.15) is 35.1 Å². The molecule has 0 amide bonds. The molecule has 0 saturated carbocycles. The van der Waals surface area contributed by atoms with Crippen molar-refractivity contribution in [2.75, 3.05) is 6.61 Å². The average Bonchev–Trinajstić information content (AvgIpc) is 2.88. The fraction of sp³-hybridized carbons (Fsp3) is 0.516. The summed E-state index contributed by atoms with van der Waals surface area (Å²) in [5, 5.41) is 8.90. The molecule has 0 atom stereocenters. The third-order valence-electron chi connectivity index (χ3n) is 6.01. The van der Waals surface area contributed by atoms with Gasteiger partial charge in [-0.3, -0.25) is 11.1 Å². The molecule has 0 aliphatic heterocycles. The van der Waals surface area contributed by atoms with E-state index in [1.807, 2.05) is 32.0 Å². The van der Waals surface area contributed by atoms with Gasteiger partial charge < -0.3 is 9.53 Å². The predicted octanol–water partition coefficient (Wildman–Crippen LogP) is 4.58. The van der Waals surface area contributed by atoms with Gasteiger partial charge in [-0.1, -0.05) is 79.2 Å². The molecule has 0 unspecified atom stereocenters. The second-order valence-corrected chi connectivity index (χ2v) is 9.18. The first-order valence-corrected chi connectivity index (χ1v) is 12.9. The van der Waals surface area contributed by atoms with Crippen molar-refractivity contribution in [1.82, 2.24) is 0 Å². The van der Waals surface area contributed by atoms with Crippen LogP contribution in [0.25, 0.3) is 0 Å². The van der Waals surface area contributed by atoms with E-state index in [1.165, 1.54) is 0 Å². The molecule has 0 radical (unpaired) electrons. The molecule has 0 aromatic heterocycles. The molecule has 0 aliphatic carbocycles. The van der Waals surface area contributed by atoms with E-state index in [0.717, 1.165) is 74.0 Å². The number of Topliss-reactive ketones (excluding diaryl/α,β-unsaturated/α-hetero) is 1. The van der Waals surface area contributed by atoms with Crippen molar-refractivity contribution < 1.29 is 65.7 Å². The van der Waals surface area contributed by atoms with E-state index in [4.69, 9.17) is 10.00 Å². The number of nitriles is 1. The Bertz CT molecular complexity index is 972. The van der Waals surface area contributed by atoms with E-state index in [0.29, 0.717) is 5.56 Å². The number of unbranched alkanes of at least 4 members (excludes halogenated alkanes) is 1. The second-order valence-electron chi connectivity index (χ2n) is 9.18. The van der Waals surface area contributed by atoms with E-state index in [9.17, 15) is 9.59 Å². The number of carbonyl (C=O) groups is 1. The SMILES string of the molecule is CCCC([C-]=O)(CCC)c1[c-]ccc(C#N)c1.CCCCOc1ccc(C(=O)C(C)C)c(CC)c1.[K+]. The maximum atomic E-state index is 12.1. The Labute approximate surface area is 261 Å². The number of ketones is 1. The van der Waals surface area contributed by atoms with Crippen molar-refractivity contribution in [3.05, 3.63) is 64.7 Å². The van der Waals surface area contributed by atoms with Gasteiger partial charge in [-0.05, 0) is 36.6 Å². The van der Waals surface area contributed by atoms with Crippen LogP contribution < -0.4 is 56.1 Å². The van der Waals surface area contributed by atoms with Gasteiger partial charge in [0.2, 0.25) is 0 Å². The number of nitrogens with zero attached hydrogens (tertiary/aromatic N) is 1. The third-order valence-corrected chi connectivity index (χ3v) is 6.01. The van der Waals surface area contributed by atoms with Crippen LogP contribution in [0.2, 0.25) is 0 Å². The number of hydrogen-bond acceptors (Lipinski definition) is 4. The summed E-state index contributed by atoms with van der Waals surface area (Å²) in [6, 6.07) is 16.2. The summed E-state index contributed by atoms with van der Waals surface area (Å²) in [7, 11) is 0. The average molecular weight is 515 g/mol. The molecule has 5 heteroatoms. The van der Waals surface area contributed by atoms with Crippen LogP contribution in [0.4, 0.5) is 0 Å². The topological polar surface area (TPSA) is 67.2 Å². The first kappa shape index (κ1) is 34.7. The molecule has 0 aliphatic rings. The smallest absolute Gasteiger partial charge is 0.541 e. The van der Waals surface area contributed by atoms with E-state index in [2.05, 4.69) is 46.1 Å². The first-order chi connectivity index (χ1) is 16.8. The summed E-state index contributed by atoms with van der Waals surface area (Å²) in [6.07, 6.45) is 8.60. The Morgan fingerprint density at radius 3 is 2.25 bits per heavy atom. The molecular weight excluding hydrogens is 473 g/mol. The molecule has 2 aromatic rings. The molecule has 0 heterocycles. The fourth-order valence-corrected chi connectivity index (χ4v) is 4.06. The Hall–Kier alpha value is -1.29. The van der Waals surface area contributed by atoms with Gasteiger partial charge in [-0.15, -0.1) is 5.41 Å². The number of hydrogen-bond donors (Lipinski definition) is 0. The van der Waals surface area contributed by atoms with Gasteiger partial charge >= 0.3 is 51.4 Å². The van der Waals surface area contributed by atoms with Crippen LogP contribution in [0.3, 0.4) is 0 Å². The van der Waals surface area contributed by atoms with Crippen LogP contribution in [-0.2, 0) is 16.6 Å². The minimum Gasteiger partial charge on any atom is -0.541 e. The molecule has 0 saturated heterocycles. The first-order valence-electron chi connectivity index (χ1n) is 12.9. The molecule has 2 aromatic carbocycles. The van der Waals surface area contributed by atoms with Gasteiger partial charge in [0.15, 0.2) is 5.78 Å². The summed E-state index contributed by atoms with van der Waals surface area (Å²) in [4.78, 5) is 23.4. The van der Waals surface area contributed by atoms with E-state index >= 15 is 0 Å². The van der Waals surface area contributed by atoms with Crippen LogP contribution in [0, 0.1) is 23.3 Å². The largest absolute Gasteiger partial charge is 1.00 e. The van der Waals surface area contributed by atoms with Crippen molar-refractivity contribution in [3.8, 4) is 11.8 Å². The molecular formula is C31H41KNO3-. The predicted molar refractivity (Wildman–Crippen MR) is 143 cm³/mol. The Morgan fingerprint density at radius 2 is 1.75 bits per heavy atom. The Morgan fingerprint density at radius 1 is 1.08 bits per heavy atom. The Balaban J connectivity index is 0.000000663. The van der Waals surface area contributed by atoms with Crippen molar-refractivity contribution in [2.45, 2.75) is 91.9 Å². The van der Waals surface area contributed by atoms with Gasteiger partial charge in [0.05, 0.1) is 12.7 Å². The number of carbonyl (C=O) groups excluding carboxylic acids is 2. The van der Waals surface area contributed by atoms with E-state index < -0.39 is 5.41 Å². The summed E-state index contributed by atoms with van der Waals surface area (Å²) < 4.78 is 5.67. The van der Waals surface area contributed by atoms with Crippen molar-refractivity contribution in [1.29, 1.82) is 5.26 Å². The zero-order valence-corrected chi connectivity index (χ0v) is 26.5. The number of aryl methyl sites for hydroxylation is 1. The molecule has 4 nitrogen and oxygen atoms in total. The Kier molecular flexibility index (Phi) is 18.2. The molecule has 36 heavy (non-hydrogen) atoms. The van der Waals surface area contributed by atoms with Crippen LogP contribution >= 0.6 is 0 Å². The minimum atomic E-state index is -0.587. The number of ether oxygens (including phenoxy) is 1. The van der Waals surface area contributed by atoms with E-state index in [1.54, 1.807) is 18.2 Å². The van der Waals surface area contributed by atoms with Crippen molar-refractivity contribution >= 4 is 12.1 Å². The monoisotopic (exact) mass is 514 g/mol.